The molecule has 0 atom stereocenters. The third-order valence-electron chi connectivity index (χ3n) is 2.24. The Morgan fingerprint density at radius 1 is 1.23 bits per heavy atom. The quantitative estimate of drug-likeness (QED) is 0.664. The monoisotopic (exact) mass is 173 g/mol. The van der Waals surface area contributed by atoms with Crippen LogP contribution in [0.1, 0.15) is 11.3 Å². The van der Waals surface area contributed by atoms with Crippen molar-refractivity contribution in [1.29, 1.82) is 0 Å². The van der Waals surface area contributed by atoms with Crippen LogP contribution < -0.4 is 0 Å². The van der Waals surface area contributed by atoms with E-state index in [4.69, 9.17) is 0 Å². The Bertz CT molecular complexity index is 463. The summed E-state index contributed by atoms with van der Waals surface area (Å²) in [6.07, 6.45) is 0. The molecule has 0 radical (unpaired) electrons. The minimum Gasteiger partial charge on any atom is -0.506 e. The largest absolute Gasteiger partial charge is 0.506 e. The molecule has 0 amide bonds. The molecule has 0 saturated carbocycles. The van der Waals surface area contributed by atoms with E-state index in [9.17, 15) is 5.11 Å². The number of fused-ring (bicyclic) bond motifs is 1. The van der Waals surface area contributed by atoms with Gasteiger partial charge in [-0.3, -0.25) is 0 Å². The number of pyridine rings is 1. The molecule has 1 N–H and O–H groups in total. The zero-order valence-electron chi connectivity index (χ0n) is 7.70. The van der Waals surface area contributed by atoms with E-state index in [2.05, 4.69) is 4.98 Å². The molecule has 0 aliphatic heterocycles. The van der Waals surface area contributed by atoms with Gasteiger partial charge in [0, 0.05) is 5.39 Å². The molecule has 2 heteroatoms. The molecule has 2 rings (SSSR count). The summed E-state index contributed by atoms with van der Waals surface area (Å²) in [7, 11) is 0. The second kappa shape index (κ2) is 2.73. The lowest BCUT2D eigenvalue weighted by Crippen LogP contribution is -1.86. The number of aromatic hydroxyl groups is 1. The van der Waals surface area contributed by atoms with Crippen LogP contribution in [0.5, 0.6) is 5.75 Å². The molecule has 0 fully saturated rings. The summed E-state index contributed by atoms with van der Waals surface area (Å²) in [6.45, 7) is 3.82. The van der Waals surface area contributed by atoms with Crippen molar-refractivity contribution in [3.05, 3.63) is 35.5 Å². The fraction of sp³-hybridized carbons (Fsp3) is 0.182. The van der Waals surface area contributed by atoms with Crippen LogP contribution in [-0.4, -0.2) is 10.1 Å². The van der Waals surface area contributed by atoms with Crippen LogP contribution in [0, 0.1) is 13.8 Å². The number of hydrogen-bond acceptors (Lipinski definition) is 2. The van der Waals surface area contributed by atoms with Crippen molar-refractivity contribution >= 4 is 10.9 Å². The first-order chi connectivity index (χ1) is 6.18. The van der Waals surface area contributed by atoms with E-state index in [1.165, 1.54) is 0 Å². The van der Waals surface area contributed by atoms with Crippen molar-refractivity contribution in [2.24, 2.45) is 0 Å². The van der Waals surface area contributed by atoms with Crippen molar-refractivity contribution in [2.45, 2.75) is 13.8 Å². The Hall–Kier alpha value is -1.57. The van der Waals surface area contributed by atoms with Gasteiger partial charge < -0.3 is 5.11 Å². The maximum Gasteiger partial charge on any atom is 0.137 e. The first kappa shape index (κ1) is 8.05. The summed E-state index contributed by atoms with van der Waals surface area (Å²) in [4.78, 5) is 4.29. The predicted octanol–water partition coefficient (Wildman–Crippen LogP) is 2.56. The van der Waals surface area contributed by atoms with Gasteiger partial charge in [-0.25, -0.2) is 4.98 Å². The van der Waals surface area contributed by atoms with E-state index in [-0.39, 0.29) is 5.75 Å². The van der Waals surface area contributed by atoms with Crippen molar-refractivity contribution in [1.82, 2.24) is 4.98 Å². The van der Waals surface area contributed by atoms with Crippen LogP contribution in [0.2, 0.25) is 0 Å². The van der Waals surface area contributed by atoms with Crippen LogP contribution in [0.3, 0.4) is 0 Å². The molecule has 2 nitrogen and oxygen atoms in total. The molecular weight excluding hydrogens is 162 g/mol. The Morgan fingerprint density at radius 3 is 2.77 bits per heavy atom. The van der Waals surface area contributed by atoms with Gasteiger partial charge in [-0.2, -0.15) is 0 Å². The first-order valence-electron chi connectivity index (χ1n) is 4.24. The highest BCUT2D eigenvalue weighted by molar-refractivity contribution is 5.83. The van der Waals surface area contributed by atoms with Gasteiger partial charge in [-0.05, 0) is 31.5 Å². The van der Waals surface area contributed by atoms with E-state index < -0.39 is 0 Å². The van der Waals surface area contributed by atoms with E-state index in [0.29, 0.717) is 5.69 Å². The number of aromatic nitrogens is 1. The molecule has 66 valence electrons. The van der Waals surface area contributed by atoms with E-state index in [1.807, 2.05) is 25.1 Å². The number of rotatable bonds is 0. The minimum atomic E-state index is 0.266. The average molecular weight is 173 g/mol. The molecule has 0 unspecified atom stereocenters. The lowest BCUT2D eigenvalue weighted by atomic mass is 10.1. The summed E-state index contributed by atoms with van der Waals surface area (Å²) in [5.74, 6) is 0.266. The van der Waals surface area contributed by atoms with E-state index in [0.717, 1.165) is 16.5 Å². The van der Waals surface area contributed by atoms with Gasteiger partial charge in [0.15, 0.2) is 0 Å². The van der Waals surface area contributed by atoms with Gasteiger partial charge in [-0.1, -0.05) is 12.1 Å². The zero-order valence-corrected chi connectivity index (χ0v) is 7.70. The molecule has 13 heavy (non-hydrogen) atoms. The summed E-state index contributed by atoms with van der Waals surface area (Å²) >= 11 is 0. The van der Waals surface area contributed by atoms with Crippen molar-refractivity contribution in [3.63, 3.8) is 0 Å². The van der Waals surface area contributed by atoms with E-state index >= 15 is 0 Å². The van der Waals surface area contributed by atoms with Gasteiger partial charge >= 0.3 is 0 Å². The number of benzene rings is 1. The Labute approximate surface area is 76.9 Å². The second-order valence-corrected chi connectivity index (χ2v) is 3.23. The van der Waals surface area contributed by atoms with Crippen LogP contribution in [0.15, 0.2) is 24.3 Å². The van der Waals surface area contributed by atoms with Crippen LogP contribution in [-0.2, 0) is 0 Å². The number of aryl methyl sites for hydroxylation is 2. The number of hydrogen-bond donors (Lipinski definition) is 1. The van der Waals surface area contributed by atoms with Crippen LogP contribution >= 0.6 is 0 Å². The smallest absolute Gasteiger partial charge is 0.137 e. The molecule has 1 aromatic heterocycles. The third-order valence-corrected chi connectivity index (χ3v) is 2.24. The number of nitrogens with zero attached hydrogens (tertiary/aromatic N) is 1. The molecule has 0 aliphatic carbocycles. The Balaban J connectivity index is 2.89. The Kier molecular flexibility index (Phi) is 1.69. The SMILES string of the molecule is Cc1nc2cccc(C)c2cc1O. The molecule has 1 aromatic carbocycles. The van der Waals surface area contributed by atoms with Crippen LogP contribution in [0.4, 0.5) is 0 Å². The highest BCUT2D eigenvalue weighted by Gasteiger charge is 2.02. The lowest BCUT2D eigenvalue weighted by Gasteiger charge is -2.03. The van der Waals surface area contributed by atoms with Gasteiger partial charge in [0.1, 0.15) is 5.75 Å². The highest BCUT2D eigenvalue weighted by Crippen LogP contribution is 2.23. The zero-order chi connectivity index (χ0) is 9.42. The highest BCUT2D eigenvalue weighted by atomic mass is 16.3. The van der Waals surface area contributed by atoms with Gasteiger partial charge in [0.05, 0.1) is 11.2 Å². The van der Waals surface area contributed by atoms with Gasteiger partial charge in [0.2, 0.25) is 0 Å². The van der Waals surface area contributed by atoms with Gasteiger partial charge in [0.25, 0.3) is 0 Å². The Morgan fingerprint density at radius 2 is 2.00 bits per heavy atom. The topological polar surface area (TPSA) is 33.1 Å². The molecule has 0 bridgehead atoms. The fourth-order valence-electron chi connectivity index (χ4n) is 1.43. The molecule has 0 aliphatic rings. The predicted molar refractivity (Wildman–Crippen MR) is 52.9 cm³/mol. The summed E-state index contributed by atoms with van der Waals surface area (Å²) in [6, 6.07) is 7.71. The molecule has 1 heterocycles. The fourth-order valence-corrected chi connectivity index (χ4v) is 1.43. The molecule has 2 aromatic rings. The van der Waals surface area contributed by atoms with Gasteiger partial charge in [-0.15, -0.1) is 0 Å². The average Bonchev–Trinajstić information content (AvgIpc) is 2.09. The first-order valence-corrected chi connectivity index (χ1v) is 4.24. The molecule has 0 spiro atoms. The standard InChI is InChI=1S/C11H11NO/c1-7-4-3-5-10-9(7)6-11(13)8(2)12-10/h3-6,13H,1-2H3. The normalized spacial score (nSPS) is 10.6. The molecular formula is C11H11NO. The summed E-state index contributed by atoms with van der Waals surface area (Å²) in [5, 5.41) is 10.5. The minimum absolute atomic E-state index is 0.266. The third kappa shape index (κ3) is 1.24. The summed E-state index contributed by atoms with van der Waals surface area (Å²) in [5.41, 5.74) is 2.76. The van der Waals surface area contributed by atoms with Crippen molar-refractivity contribution in [3.8, 4) is 5.75 Å². The maximum absolute atomic E-state index is 9.48. The summed E-state index contributed by atoms with van der Waals surface area (Å²) < 4.78 is 0. The van der Waals surface area contributed by atoms with Crippen LogP contribution in [0.25, 0.3) is 10.9 Å². The van der Waals surface area contributed by atoms with Crippen molar-refractivity contribution < 1.29 is 5.11 Å². The molecule has 0 saturated heterocycles. The maximum atomic E-state index is 9.48. The second-order valence-electron chi connectivity index (χ2n) is 3.23. The van der Waals surface area contributed by atoms with Crippen molar-refractivity contribution in [2.75, 3.05) is 0 Å². The van der Waals surface area contributed by atoms with E-state index in [1.54, 1.807) is 13.0 Å². The lowest BCUT2D eigenvalue weighted by molar-refractivity contribution is 0.469.